The summed E-state index contributed by atoms with van der Waals surface area (Å²) in [6.45, 7) is 7.79. The van der Waals surface area contributed by atoms with Crippen LogP contribution in [0.3, 0.4) is 0 Å². The summed E-state index contributed by atoms with van der Waals surface area (Å²) in [5.41, 5.74) is 2.66. The van der Waals surface area contributed by atoms with Gasteiger partial charge in [-0.3, -0.25) is 9.58 Å². The van der Waals surface area contributed by atoms with Crippen LogP contribution in [0.2, 0.25) is 0 Å². The molecule has 3 heteroatoms. The third kappa shape index (κ3) is 2.71. The molecular weight excluding hydrogens is 234 g/mol. The highest BCUT2D eigenvalue weighted by molar-refractivity contribution is 5.18. The molecule has 1 aromatic heterocycles. The fourth-order valence-electron chi connectivity index (χ4n) is 2.82. The van der Waals surface area contributed by atoms with Gasteiger partial charge in [0.2, 0.25) is 0 Å². The van der Waals surface area contributed by atoms with Crippen molar-refractivity contribution >= 4 is 0 Å². The normalized spacial score (nSPS) is 18.2. The van der Waals surface area contributed by atoms with E-state index in [1.54, 1.807) is 0 Å². The van der Waals surface area contributed by atoms with Crippen LogP contribution in [0, 0.1) is 12.8 Å². The molecule has 1 atom stereocenters. The highest BCUT2D eigenvalue weighted by atomic mass is 15.3. The van der Waals surface area contributed by atoms with Gasteiger partial charge in [-0.2, -0.15) is 5.10 Å². The molecule has 0 N–H and O–H groups in total. The van der Waals surface area contributed by atoms with Crippen molar-refractivity contribution in [1.82, 2.24) is 14.7 Å². The lowest BCUT2D eigenvalue weighted by atomic mass is 9.95. The van der Waals surface area contributed by atoms with E-state index in [-0.39, 0.29) is 0 Å². The molecule has 100 valence electrons. The lowest BCUT2D eigenvalue weighted by Gasteiger charge is -2.43. The molecule has 1 unspecified atom stereocenters. The van der Waals surface area contributed by atoms with Crippen molar-refractivity contribution in [2.24, 2.45) is 5.92 Å². The van der Waals surface area contributed by atoms with E-state index in [0.717, 1.165) is 12.5 Å². The number of aromatic nitrogens is 2. The zero-order chi connectivity index (χ0) is 13.2. The molecule has 3 nitrogen and oxygen atoms in total. The molecule has 0 radical (unpaired) electrons. The number of likely N-dealkylation sites (tertiary alicyclic amines) is 1. The van der Waals surface area contributed by atoms with Crippen LogP contribution in [-0.2, 0) is 6.54 Å². The molecular formula is C16H21N3. The van der Waals surface area contributed by atoms with Gasteiger partial charge in [-0.25, -0.2) is 0 Å². The molecule has 0 bridgehead atoms. The highest BCUT2D eigenvalue weighted by Gasteiger charge is 2.30. The van der Waals surface area contributed by atoms with E-state index in [0.29, 0.717) is 6.04 Å². The first-order chi connectivity index (χ1) is 9.22. The van der Waals surface area contributed by atoms with Gasteiger partial charge in [0.1, 0.15) is 0 Å². The summed E-state index contributed by atoms with van der Waals surface area (Å²) in [6.07, 6.45) is 4.06. The summed E-state index contributed by atoms with van der Waals surface area (Å²) in [6, 6.07) is 11.3. The first kappa shape index (κ1) is 12.4. The topological polar surface area (TPSA) is 21.1 Å². The van der Waals surface area contributed by atoms with Crippen molar-refractivity contribution < 1.29 is 0 Å². The Morgan fingerprint density at radius 1 is 1.26 bits per heavy atom. The molecule has 0 amide bonds. The number of hydrogen-bond donors (Lipinski definition) is 0. The maximum absolute atomic E-state index is 4.36. The second-order valence-corrected chi connectivity index (χ2v) is 5.65. The third-order valence-corrected chi connectivity index (χ3v) is 4.02. The van der Waals surface area contributed by atoms with E-state index in [4.69, 9.17) is 0 Å². The summed E-state index contributed by atoms with van der Waals surface area (Å²) in [5.74, 6) is 0.741. The molecule has 2 aromatic rings. The predicted molar refractivity (Wildman–Crippen MR) is 76.9 cm³/mol. The fourth-order valence-corrected chi connectivity index (χ4v) is 2.82. The molecule has 19 heavy (non-hydrogen) atoms. The van der Waals surface area contributed by atoms with E-state index < -0.39 is 0 Å². The second kappa shape index (κ2) is 5.17. The quantitative estimate of drug-likeness (QED) is 0.837. The Bertz CT molecular complexity index is 526. The molecule has 0 spiro atoms. The Morgan fingerprint density at radius 3 is 2.63 bits per heavy atom. The standard InChI is InChI=1S/C16H21N3/c1-13-8-17-19(9-13)12-15-10-18(11-15)14(2)16-6-4-3-5-7-16/h3-9,14-15H,10-12H2,1-2H3. The monoisotopic (exact) mass is 255 g/mol. The van der Waals surface area contributed by atoms with Gasteiger partial charge in [0, 0.05) is 37.8 Å². The maximum atomic E-state index is 4.36. The van der Waals surface area contributed by atoms with Crippen molar-refractivity contribution in [2.75, 3.05) is 13.1 Å². The van der Waals surface area contributed by atoms with Gasteiger partial charge in [-0.05, 0) is 25.0 Å². The second-order valence-electron chi connectivity index (χ2n) is 5.65. The van der Waals surface area contributed by atoms with E-state index in [1.807, 2.05) is 6.20 Å². The number of nitrogens with zero attached hydrogens (tertiary/aromatic N) is 3. The molecule has 1 fully saturated rings. The Balaban J connectivity index is 1.52. The Morgan fingerprint density at radius 2 is 2.00 bits per heavy atom. The molecule has 0 aliphatic carbocycles. The molecule has 1 aliphatic rings. The summed E-state index contributed by atoms with van der Waals surface area (Å²) in [7, 11) is 0. The van der Waals surface area contributed by atoms with Crippen LogP contribution in [-0.4, -0.2) is 27.8 Å². The summed E-state index contributed by atoms with van der Waals surface area (Å²) < 4.78 is 2.07. The molecule has 3 rings (SSSR count). The summed E-state index contributed by atoms with van der Waals surface area (Å²) >= 11 is 0. The Hall–Kier alpha value is -1.61. The zero-order valence-electron chi connectivity index (χ0n) is 11.7. The number of benzene rings is 1. The molecule has 1 aliphatic heterocycles. The van der Waals surface area contributed by atoms with E-state index in [1.165, 1.54) is 24.2 Å². The van der Waals surface area contributed by atoms with Gasteiger partial charge < -0.3 is 0 Å². The van der Waals surface area contributed by atoms with Gasteiger partial charge in [0.05, 0.1) is 6.20 Å². The van der Waals surface area contributed by atoms with Gasteiger partial charge in [-0.1, -0.05) is 30.3 Å². The Labute approximate surface area is 114 Å². The first-order valence-corrected chi connectivity index (χ1v) is 7.00. The van der Waals surface area contributed by atoms with E-state index in [2.05, 4.69) is 65.1 Å². The average Bonchev–Trinajstić information content (AvgIpc) is 2.79. The lowest BCUT2D eigenvalue weighted by molar-refractivity contribution is 0.0478. The average molecular weight is 255 g/mol. The van der Waals surface area contributed by atoms with Gasteiger partial charge in [0.25, 0.3) is 0 Å². The van der Waals surface area contributed by atoms with Crippen LogP contribution < -0.4 is 0 Å². The number of rotatable bonds is 4. The maximum Gasteiger partial charge on any atom is 0.0518 e. The molecule has 0 saturated carbocycles. The Kier molecular flexibility index (Phi) is 3.38. The van der Waals surface area contributed by atoms with Gasteiger partial charge in [-0.15, -0.1) is 0 Å². The summed E-state index contributed by atoms with van der Waals surface area (Å²) in [4.78, 5) is 2.54. The molecule has 2 heterocycles. The van der Waals surface area contributed by atoms with Gasteiger partial charge >= 0.3 is 0 Å². The van der Waals surface area contributed by atoms with Gasteiger partial charge in [0.15, 0.2) is 0 Å². The largest absolute Gasteiger partial charge is 0.296 e. The van der Waals surface area contributed by atoms with Crippen LogP contribution in [0.1, 0.15) is 24.1 Å². The zero-order valence-corrected chi connectivity index (χ0v) is 11.7. The van der Waals surface area contributed by atoms with Crippen molar-refractivity contribution in [3.63, 3.8) is 0 Å². The summed E-state index contributed by atoms with van der Waals surface area (Å²) in [5, 5.41) is 4.36. The third-order valence-electron chi connectivity index (χ3n) is 4.02. The van der Waals surface area contributed by atoms with Crippen molar-refractivity contribution in [2.45, 2.75) is 26.4 Å². The SMILES string of the molecule is Cc1cnn(CC2CN(C(C)c3ccccc3)C2)c1. The van der Waals surface area contributed by atoms with Crippen molar-refractivity contribution in [3.05, 3.63) is 53.9 Å². The fraction of sp³-hybridized carbons (Fsp3) is 0.438. The number of hydrogen-bond acceptors (Lipinski definition) is 2. The highest BCUT2D eigenvalue weighted by Crippen LogP contribution is 2.28. The first-order valence-electron chi connectivity index (χ1n) is 7.00. The van der Waals surface area contributed by atoms with Crippen LogP contribution >= 0.6 is 0 Å². The smallest absolute Gasteiger partial charge is 0.0518 e. The number of aryl methyl sites for hydroxylation is 1. The van der Waals surface area contributed by atoms with Crippen LogP contribution in [0.5, 0.6) is 0 Å². The minimum atomic E-state index is 0.525. The lowest BCUT2D eigenvalue weighted by Crippen LogP contribution is -2.49. The van der Waals surface area contributed by atoms with Crippen LogP contribution in [0.4, 0.5) is 0 Å². The van der Waals surface area contributed by atoms with Crippen LogP contribution in [0.15, 0.2) is 42.7 Å². The predicted octanol–water partition coefficient (Wildman–Crippen LogP) is 2.88. The van der Waals surface area contributed by atoms with Crippen molar-refractivity contribution in [1.29, 1.82) is 0 Å². The molecule has 1 saturated heterocycles. The van der Waals surface area contributed by atoms with Crippen LogP contribution in [0.25, 0.3) is 0 Å². The van der Waals surface area contributed by atoms with E-state index >= 15 is 0 Å². The molecule has 1 aromatic carbocycles. The minimum Gasteiger partial charge on any atom is -0.296 e. The van der Waals surface area contributed by atoms with E-state index in [9.17, 15) is 0 Å². The van der Waals surface area contributed by atoms with Crippen molar-refractivity contribution in [3.8, 4) is 0 Å². The minimum absolute atomic E-state index is 0.525.